The van der Waals surface area contributed by atoms with Crippen LogP contribution in [-0.4, -0.2) is 42.3 Å². The number of carbonyl (C=O) groups excluding carboxylic acids is 2. The predicted octanol–water partition coefficient (Wildman–Crippen LogP) is 4.04. The molecule has 0 saturated carbocycles. The van der Waals surface area contributed by atoms with Crippen LogP contribution in [0, 0.1) is 5.41 Å². The quantitative estimate of drug-likeness (QED) is 0.422. The smallest absolute Gasteiger partial charge is 0.241 e. The molecule has 1 atom stereocenters. The molecule has 0 fully saturated rings. The van der Waals surface area contributed by atoms with E-state index in [1.54, 1.807) is 18.2 Å². The lowest BCUT2D eigenvalue weighted by molar-refractivity contribution is -0.125. The van der Waals surface area contributed by atoms with Crippen molar-refractivity contribution in [2.45, 2.75) is 65.3 Å². The summed E-state index contributed by atoms with van der Waals surface area (Å²) in [5, 5.41) is 3.08. The van der Waals surface area contributed by atoms with Crippen molar-refractivity contribution in [1.82, 2.24) is 10.2 Å². The summed E-state index contributed by atoms with van der Waals surface area (Å²) in [4.78, 5) is 27.3. The zero-order valence-electron chi connectivity index (χ0n) is 16.9. The summed E-state index contributed by atoms with van der Waals surface area (Å²) in [5.41, 5.74) is 0.787. The van der Waals surface area contributed by atoms with Gasteiger partial charge in [-0.1, -0.05) is 52.2 Å². The molecule has 146 valence electrons. The van der Waals surface area contributed by atoms with Gasteiger partial charge in [0.1, 0.15) is 6.04 Å². The van der Waals surface area contributed by atoms with E-state index in [1.807, 2.05) is 4.90 Å². The molecule has 1 amide bonds. The minimum atomic E-state index is -0.444. The highest BCUT2D eigenvalue weighted by molar-refractivity contribution is 5.94. The van der Waals surface area contributed by atoms with Crippen molar-refractivity contribution in [3.05, 3.63) is 37.0 Å². The van der Waals surface area contributed by atoms with Gasteiger partial charge >= 0.3 is 0 Å². The largest absolute Gasteiger partial charge is 0.354 e. The molecule has 1 aliphatic rings. The maximum atomic E-state index is 13.0. The molecular formula is C22H36N2O2. The summed E-state index contributed by atoms with van der Waals surface area (Å²) in [6, 6.07) is -0.444. The average Bonchev–Trinajstić information content (AvgIpc) is 2.53. The number of rotatable bonds is 12. The Morgan fingerprint density at radius 3 is 2.42 bits per heavy atom. The predicted molar refractivity (Wildman–Crippen MR) is 109 cm³/mol. The number of allylic oxidation sites excluding steroid dienone is 1. The molecule has 0 aromatic rings. The topological polar surface area (TPSA) is 49.4 Å². The third kappa shape index (κ3) is 7.28. The van der Waals surface area contributed by atoms with Crippen LogP contribution in [0.4, 0.5) is 0 Å². The first-order valence-electron chi connectivity index (χ1n) is 9.81. The van der Waals surface area contributed by atoms with Gasteiger partial charge in [-0.25, -0.2) is 0 Å². The van der Waals surface area contributed by atoms with Gasteiger partial charge in [-0.05, 0) is 29.9 Å². The summed E-state index contributed by atoms with van der Waals surface area (Å²) in [5.74, 6) is 0.0797. The maximum absolute atomic E-state index is 13.0. The van der Waals surface area contributed by atoms with Crippen LogP contribution in [0.25, 0.3) is 0 Å². The van der Waals surface area contributed by atoms with E-state index in [4.69, 9.17) is 0 Å². The third-order valence-corrected chi connectivity index (χ3v) is 4.70. The van der Waals surface area contributed by atoms with Gasteiger partial charge in [0.15, 0.2) is 5.78 Å². The molecule has 0 spiro atoms. The number of ketones is 1. The van der Waals surface area contributed by atoms with Crippen LogP contribution in [0.1, 0.15) is 59.3 Å². The van der Waals surface area contributed by atoms with Crippen LogP contribution in [0.3, 0.4) is 0 Å². The highest BCUT2D eigenvalue weighted by Gasteiger charge is 2.35. The van der Waals surface area contributed by atoms with Gasteiger partial charge in [0.2, 0.25) is 5.91 Å². The van der Waals surface area contributed by atoms with E-state index in [0.29, 0.717) is 26.1 Å². The van der Waals surface area contributed by atoms with Gasteiger partial charge in [0.25, 0.3) is 0 Å². The maximum Gasteiger partial charge on any atom is 0.241 e. The first kappa shape index (κ1) is 22.4. The van der Waals surface area contributed by atoms with Gasteiger partial charge in [-0.2, -0.15) is 0 Å². The molecule has 4 nitrogen and oxygen atoms in total. The average molecular weight is 361 g/mol. The van der Waals surface area contributed by atoms with E-state index in [-0.39, 0.29) is 17.1 Å². The number of nitrogens with zero attached hydrogens (tertiary/aromatic N) is 1. The van der Waals surface area contributed by atoms with Crippen molar-refractivity contribution in [2.24, 2.45) is 5.41 Å². The fourth-order valence-electron chi connectivity index (χ4n) is 3.62. The molecule has 1 rings (SSSR count). The Hall–Kier alpha value is -1.68. The number of nitrogens with one attached hydrogen (secondary N) is 1. The van der Waals surface area contributed by atoms with Crippen LogP contribution in [-0.2, 0) is 9.59 Å². The molecular weight excluding hydrogens is 324 g/mol. The second kappa shape index (κ2) is 11.1. The highest BCUT2D eigenvalue weighted by Crippen LogP contribution is 2.36. The monoisotopic (exact) mass is 360 g/mol. The SMILES string of the molecule is C=CCN(CC=C)C(C(=O)NCCCCCC)C1=CC(=O)CC(C)(C)C1. The lowest BCUT2D eigenvalue weighted by Gasteiger charge is -2.36. The van der Waals surface area contributed by atoms with Gasteiger partial charge in [0, 0.05) is 26.1 Å². The Morgan fingerprint density at radius 1 is 1.23 bits per heavy atom. The number of carbonyl (C=O) groups is 2. The van der Waals surface area contributed by atoms with Crippen LogP contribution < -0.4 is 5.32 Å². The summed E-state index contributed by atoms with van der Waals surface area (Å²) in [7, 11) is 0. The minimum Gasteiger partial charge on any atom is -0.354 e. The van der Waals surface area contributed by atoms with Crippen molar-refractivity contribution in [1.29, 1.82) is 0 Å². The molecule has 0 aromatic carbocycles. The van der Waals surface area contributed by atoms with Crippen molar-refractivity contribution in [2.75, 3.05) is 19.6 Å². The van der Waals surface area contributed by atoms with E-state index >= 15 is 0 Å². The number of unbranched alkanes of at least 4 members (excludes halogenated alkanes) is 3. The molecule has 1 N–H and O–H groups in total. The normalized spacial score (nSPS) is 17.5. The highest BCUT2D eigenvalue weighted by atomic mass is 16.2. The lowest BCUT2D eigenvalue weighted by Crippen LogP contribution is -2.49. The van der Waals surface area contributed by atoms with Gasteiger partial charge in [0.05, 0.1) is 0 Å². The third-order valence-electron chi connectivity index (χ3n) is 4.70. The van der Waals surface area contributed by atoms with E-state index in [0.717, 1.165) is 24.8 Å². The zero-order valence-corrected chi connectivity index (χ0v) is 16.9. The van der Waals surface area contributed by atoms with Gasteiger partial charge < -0.3 is 5.32 Å². The molecule has 1 unspecified atom stereocenters. The number of amides is 1. The Bertz CT molecular complexity index is 524. The van der Waals surface area contributed by atoms with E-state index in [1.165, 1.54) is 12.8 Å². The first-order valence-corrected chi connectivity index (χ1v) is 9.81. The molecule has 26 heavy (non-hydrogen) atoms. The molecule has 1 aliphatic carbocycles. The van der Waals surface area contributed by atoms with Gasteiger partial charge in [-0.15, -0.1) is 13.2 Å². The van der Waals surface area contributed by atoms with Crippen molar-refractivity contribution >= 4 is 11.7 Å². The van der Waals surface area contributed by atoms with Crippen LogP contribution in [0.5, 0.6) is 0 Å². The number of hydrogen-bond donors (Lipinski definition) is 1. The summed E-state index contributed by atoms with van der Waals surface area (Å²) in [6.07, 6.45) is 11.0. The standard InChI is InChI=1S/C22H36N2O2/c1-6-9-10-11-12-23-21(26)20(24(13-7-2)14-8-3)18-15-19(25)17-22(4,5)16-18/h7-8,15,20H,2-3,6,9-14,16-17H2,1,4-5H3,(H,23,26). The molecule has 0 saturated heterocycles. The molecule has 0 aromatic heterocycles. The van der Waals surface area contributed by atoms with E-state index in [2.05, 4.69) is 39.2 Å². The van der Waals surface area contributed by atoms with Crippen molar-refractivity contribution < 1.29 is 9.59 Å². The second-order valence-corrected chi connectivity index (χ2v) is 7.99. The lowest BCUT2D eigenvalue weighted by atomic mass is 9.74. The van der Waals surface area contributed by atoms with Gasteiger partial charge in [-0.3, -0.25) is 14.5 Å². The van der Waals surface area contributed by atoms with Crippen LogP contribution in [0.2, 0.25) is 0 Å². The Morgan fingerprint density at radius 2 is 1.88 bits per heavy atom. The van der Waals surface area contributed by atoms with E-state index in [9.17, 15) is 9.59 Å². The Balaban J connectivity index is 2.97. The fourth-order valence-corrected chi connectivity index (χ4v) is 3.62. The van der Waals surface area contributed by atoms with Crippen molar-refractivity contribution in [3.8, 4) is 0 Å². The minimum absolute atomic E-state index is 0.0260. The molecule has 0 heterocycles. The Kier molecular flexibility index (Phi) is 9.57. The summed E-state index contributed by atoms with van der Waals surface area (Å²) < 4.78 is 0. The van der Waals surface area contributed by atoms with E-state index < -0.39 is 6.04 Å². The first-order chi connectivity index (χ1) is 12.3. The molecule has 0 radical (unpaired) electrons. The molecule has 4 heteroatoms. The fraction of sp³-hybridized carbons (Fsp3) is 0.636. The van der Waals surface area contributed by atoms with Crippen LogP contribution >= 0.6 is 0 Å². The number of hydrogen-bond acceptors (Lipinski definition) is 3. The Labute approximate surface area is 159 Å². The molecule has 0 aliphatic heterocycles. The summed E-state index contributed by atoms with van der Waals surface area (Å²) in [6.45, 7) is 15.8. The second-order valence-electron chi connectivity index (χ2n) is 7.99. The molecule has 0 bridgehead atoms. The van der Waals surface area contributed by atoms with Crippen molar-refractivity contribution in [3.63, 3.8) is 0 Å². The zero-order chi connectivity index (χ0) is 19.6. The summed E-state index contributed by atoms with van der Waals surface area (Å²) >= 11 is 0. The van der Waals surface area contributed by atoms with Crippen LogP contribution in [0.15, 0.2) is 37.0 Å².